The zero-order chi connectivity index (χ0) is 18.3. The van der Waals surface area contributed by atoms with Crippen molar-refractivity contribution in [1.29, 1.82) is 0 Å². The lowest BCUT2D eigenvalue weighted by molar-refractivity contribution is -0.151. The Morgan fingerprint density at radius 2 is 1.88 bits per heavy atom. The van der Waals surface area contributed by atoms with Crippen LogP contribution < -0.4 is 10.6 Å². The fourth-order valence-electron chi connectivity index (χ4n) is 2.42. The minimum absolute atomic E-state index is 0.405. The van der Waals surface area contributed by atoms with Crippen molar-refractivity contribution in [2.24, 2.45) is 5.92 Å². The quantitative estimate of drug-likeness (QED) is 0.477. The first-order valence-electron chi connectivity index (χ1n) is 8.32. The van der Waals surface area contributed by atoms with Gasteiger partial charge < -0.3 is 15.4 Å². The number of rotatable bonds is 9. The minimum atomic E-state index is -0.953. The van der Waals surface area contributed by atoms with Gasteiger partial charge in [-0.1, -0.05) is 27.7 Å². The first-order valence-corrected chi connectivity index (χ1v) is 8.32. The summed E-state index contributed by atoms with van der Waals surface area (Å²) in [5.74, 6) is -1.17. The summed E-state index contributed by atoms with van der Waals surface area (Å²) >= 11 is 0. The van der Waals surface area contributed by atoms with Crippen LogP contribution in [0.25, 0.3) is 0 Å². The van der Waals surface area contributed by atoms with Crippen molar-refractivity contribution >= 4 is 23.8 Å². The molecule has 24 heavy (non-hydrogen) atoms. The van der Waals surface area contributed by atoms with Gasteiger partial charge in [-0.15, -0.1) is 0 Å². The number of ether oxygens (including phenoxy) is 1. The molecule has 0 aromatic carbocycles. The Hall–Kier alpha value is -2.12. The fraction of sp³-hybridized carbons (Fsp3) is 0.750. The van der Waals surface area contributed by atoms with Crippen molar-refractivity contribution in [3.63, 3.8) is 0 Å². The summed E-state index contributed by atoms with van der Waals surface area (Å²) in [4.78, 5) is 48.4. The van der Waals surface area contributed by atoms with Crippen LogP contribution >= 0.6 is 0 Å². The molecule has 0 aliphatic carbocycles. The van der Waals surface area contributed by atoms with Gasteiger partial charge in [-0.3, -0.25) is 19.3 Å². The Kier molecular flexibility index (Phi) is 7.18. The number of carbonyl (C=O) groups is 4. The van der Waals surface area contributed by atoms with E-state index in [1.54, 1.807) is 13.8 Å². The highest BCUT2D eigenvalue weighted by Crippen LogP contribution is 2.24. The number of urea groups is 1. The topological polar surface area (TPSA) is 105 Å². The standard InChI is InChI=1S/C16H27N3O5/c1-5-16(6-2)14(22)19(15(23)18-16)9-13(21)24-10-12(20)17-8-7-11(3)4/h11H,5-10H2,1-4H3,(H,17,20)(H,18,23). The molecule has 1 aliphatic heterocycles. The zero-order valence-electron chi connectivity index (χ0n) is 14.8. The van der Waals surface area contributed by atoms with E-state index in [-0.39, 0.29) is 0 Å². The number of nitrogens with zero attached hydrogens (tertiary/aromatic N) is 1. The highest BCUT2D eigenvalue weighted by Gasteiger charge is 2.49. The predicted octanol–water partition coefficient (Wildman–Crippen LogP) is 0.803. The van der Waals surface area contributed by atoms with Crippen molar-refractivity contribution in [1.82, 2.24) is 15.5 Å². The van der Waals surface area contributed by atoms with Crippen LogP contribution in [0, 0.1) is 5.92 Å². The predicted molar refractivity (Wildman–Crippen MR) is 87.0 cm³/mol. The lowest BCUT2D eigenvalue weighted by Crippen LogP contribution is -2.46. The minimum Gasteiger partial charge on any atom is -0.454 e. The van der Waals surface area contributed by atoms with E-state index < -0.39 is 42.5 Å². The lowest BCUT2D eigenvalue weighted by atomic mass is 9.93. The van der Waals surface area contributed by atoms with Gasteiger partial charge in [-0.05, 0) is 25.2 Å². The van der Waals surface area contributed by atoms with E-state index in [0.717, 1.165) is 11.3 Å². The monoisotopic (exact) mass is 341 g/mol. The van der Waals surface area contributed by atoms with Crippen LogP contribution in [-0.4, -0.2) is 54.0 Å². The van der Waals surface area contributed by atoms with Crippen LogP contribution in [0.1, 0.15) is 47.0 Å². The summed E-state index contributed by atoms with van der Waals surface area (Å²) in [7, 11) is 0. The SMILES string of the molecule is CCC1(CC)NC(=O)N(CC(=O)OCC(=O)NCCC(C)C)C1=O. The van der Waals surface area contributed by atoms with Gasteiger partial charge in [0, 0.05) is 6.54 Å². The zero-order valence-corrected chi connectivity index (χ0v) is 14.8. The van der Waals surface area contributed by atoms with E-state index in [1.807, 2.05) is 13.8 Å². The van der Waals surface area contributed by atoms with Crippen LogP contribution in [0.15, 0.2) is 0 Å². The van der Waals surface area contributed by atoms with E-state index in [2.05, 4.69) is 10.6 Å². The Balaban J connectivity index is 2.44. The molecule has 0 aromatic rings. The summed E-state index contributed by atoms with van der Waals surface area (Å²) in [6.07, 6.45) is 1.72. The van der Waals surface area contributed by atoms with Crippen LogP contribution in [0.4, 0.5) is 4.79 Å². The Bertz CT molecular complexity index is 500. The first kappa shape index (κ1) is 19.9. The maximum atomic E-state index is 12.3. The van der Waals surface area contributed by atoms with Gasteiger partial charge in [0.25, 0.3) is 11.8 Å². The third-order valence-electron chi connectivity index (χ3n) is 4.15. The second-order valence-electron chi connectivity index (χ2n) is 6.30. The van der Waals surface area contributed by atoms with E-state index in [4.69, 9.17) is 4.74 Å². The third kappa shape index (κ3) is 4.94. The second-order valence-corrected chi connectivity index (χ2v) is 6.30. The highest BCUT2D eigenvalue weighted by molar-refractivity contribution is 6.08. The normalized spacial score (nSPS) is 16.3. The van der Waals surface area contributed by atoms with Crippen LogP contribution in [-0.2, 0) is 19.1 Å². The number of esters is 1. The van der Waals surface area contributed by atoms with Gasteiger partial charge in [0.1, 0.15) is 12.1 Å². The molecule has 8 nitrogen and oxygen atoms in total. The largest absolute Gasteiger partial charge is 0.454 e. The summed E-state index contributed by atoms with van der Waals surface area (Å²) in [5, 5.41) is 5.26. The summed E-state index contributed by atoms with van der Waals surface area (Å²) in [5.41, 5.74) is -0.953. The Labute approximate surface area is 142 Å². The van der Waals surface area contributed by atoms with E-state index in [0.29, 0.717) is 25.3 Å². The van der Waals surface area contributed by atoms with E-state index >= 15 is 0 Å². The molecule has 0 radical (unpaired) electrons. The molecule has 8 heteroatoms. The van der Waals surface area contributed by atoms with Crippen LogP contribution in [0.3, 0.4) is 0 Å². The highest BCUT2D eigenvalue weighted by atomic mass is 16.5. The van der Waals surface area contributed by atoms with Gasteiger partial charge >= 0.3 is 12.0 Å². The molecule has 1 fully saturated rings. The average Bonchev–Trinajstić information content (AvgIpc) is 2.77. The van der Waals surface area contributed by atoms with Crippen molar-refractivity contribution in [2.45, 2.75) is 52.5 Å². The van der Waals surface area contributed by atoms with Gasteiger partial charge in [0.2, 0.25) is 0 Å². The van der Waals surface area contributed by atoms with Gasteiger partial charge in [0.05, 0.1) is 0 Å². The number of carbonyl (C=O) groups excluding carboxylic acids is 4. The molecule has 4 amide bonds. The summed E-state index contributed by atoms with van der Waals surface area (Å²) < 4.78 is 4.83. The van der Waals surface area contributed by atoms with Crippen molar-refractivity contribution in [3.05, 3.63) is 0 Å². The molecule has 0 saturated carbocycles. The van der Waals surface area contributed by atoms with Crippen LogP contribution in [0.2, 0.25) is 0 Å². The molecule has 1 aliphatic rings. The van der Waals surface area contributed by atoms with Gasteiger partial charge in [0.15, 0.2) is 6.61 Å². The molecule has 1 saturated heterocycles. The lowest BCUT2D eigenvalue weighted by Gasteiger charge is -2.22. The number of imide groups is 1. The maximum Gasteiger partial charge on any atom is 0.326 e. The van der Waals surface area contributed by atoms with E-state index in [1.165, 1.54) is 0 Å². The molecule has 1 rings (SSSR count). The number of hydrogen-bond acceptors (Lipinski definition) is 5. The van der Waals surface area contributed by atoms with Gasteiger partial charge in [-0.25, -0.2) is 4.79 Å². The number of amides is 4. The summed E-state index contributed by atoms with van der Waals surface area (Å²) in [6, 6.07) is -0.609. The molecule has 136 valence electrons. The smallest absolute Gasteiger partial charge is 0.326 e. The fourth-order valence-corrected chi connectivity index (χ4v) is 2.42. The number of hydrogen-bond donors (Lipinski definition) is 2. The molecule has 0 bridgehead atoms. The average molecular weight is 341 g/mol. The first-order chi connectivity index (χ1) is 11.3. The summed E-state index contributed by atoms with van der Waals surface area (Å²) in [6.45, 7) is 7.26. The Morgan fingerprint density at radius 3 is 2.38 bits per heavy atom. The molecular weight excluding hydrogens is 314 g/mol. The molecule has 0 unspecified atom stereocenters. The molecule has 1 heterocycles. The van der Waals surface area contributed by atoms with Crippen LogP contribution in [0.5, 0.6) is 0 Å². The molecule has 2 N–H and O–H groups in total. The van der Waals surface area contributed by atoms with Crippen molar-refractivity contribution < 1.29 is 23.9 Å². The molecular formula is C16H27N3O5. The van der Waals surface area contributed by atoms with Crippen molar-refractivity contribution in [2.75, 3.05) is 19.7 Å². The molecule has 0 spiro atoms. The third-order valence-corrected chi connectivity index (χ3v) is 4.15. The number of nitrogens with one attached hydrogen (secondary N) is 2. The van der Waals surface area contributed by atoms with Crippen molar-refractivity contribution in [3.8, 4) is 0 Å². The maximum absolute atomic E-state index is 12.3. The Morgan fingerprint density at radius 1 is 1.25 bits per heavy atom. The van der Waals surface area contributed by atoms with Gasteiger partial charge in [-0.2, -0.15) is 0 Å². The van der Waals surface area contributed by atoms with E-state index in [9.17, 15) is 19.2 Å². The molecule has 0 atom stereocenters. The molecule has 0 aromatic heterocycles. The second kappa shape index (κ2) is 8.65.